The zero-order valence-corrected chi connectivity index (χ0v) is 16.1. The smallest absolute Gasteiger partial charge is 0.246 e. The van der Waals surface area contributed by atoms with E-state index in [0.717, 1.165) is 31.9 Å². The average Bonchev–Trinajstić information content (AvgIpc) is 2.89. The van der Waals surface area contributed by atoms with Crippen molar-refractivity contribution in [2.45, 2.75) is 38.6 Å². The third kappa shape index (κ3) is 4.06. The van der Waals surface area contributed by atoms with Gasteiger partial charge in [0.1, 0.15) is 19.3 Å². The fourth-order valence-electron chi connectivity index (χ4n) is 3.53. The normalized spacial score (nSPS) is 18.8. The van der Waals surface area contributed by atoms with Crippen molar-refractivity contribution in [1.82, 2.24) is 4.90 Å². The third-order valence-corrected chi connectivity index (χ3v) is 6.01. The first-order valence-electron chi connectivity index (χ1n) is 9.06. The van der Waals surface area contributed by atoms with E-state index in [0.29, 0.717) is 43.5 Å². The molecule has 3 rings (SSSR count). The maximum Gasteiger partial charge on any atom is 0.246 e. The van der Waals surface area contributed by atoms with E-state index >= 15 is 0 Å². The number of carbonyl (C=O) groups excluding carboxylic acids is 1. The first-order valence-corrected chi connectivity index (χ1v) is 10.9. The van der Waals surface area contributed by atoms with Gasteiger partial charge < -0.3 is 14.4 Å². The van der Waals surface area contributed by atoms with Crippen LogP contribution in [0.15, 0.2) is 18.2 Å². The van der Waals surface area contributed by atoms with Crippen LogP contribution in [0.1, 0.15) is 32.6 Å². The Morgan fingerprint density at radius 3 is 2.31 bits per heavy atom. The fraction of sp³-hybridized carbons (Fsp3) is 0.611. The van der Waals surface area contributed by atoms with Crippen LogP contribution in [0.25, 0.3) is 0 Å². The standard InChI is InChI=1S/C18H26N2O5S/c1-14(18(21)19-9-5-3-4-6-10-19)20(26(2,22)23)15-7-8-16-17(13-15)25-12-11-24-16/h7-8,13-14H,3-6,9-12H2,1-2H3. The van der Waals surface area contributed by atoms with Gasteiger partial charge >= 0.3 is 0 Å². The van der Waals surface area contributed by atoms with Crippen LogP contribution in [0.5, 0.6) is 11.5 Å². The molecule has 1 saturated heterocycles. The summed E-state index contributed by atoms with van der Waals surface area (Å²) in [6.07, 6.45) is 5.25. The van der Waals surface area contributed by atoms with E-state index in [-0.39, 0.29) is 5.91 Å². The molecule has 144 valence electrons. The van der Waals surface area contributed by atoms with Crippen molar-refractivity contribution in [2.75, 3.05) is 36.9 Å². The highest BCUT2D eigenvalue weighted by Crippen LogP contribution is 2.35. The van der Waals surface area contributed by atoms with Gasteiger partial charge in [-0.05, 0) is 31.9 Å². The van der Waals surface area contributed by atoms with Crippen LogP contribution in [-0.2, 0) is 14.8 Å². The number of nitrogens with zero attached hydrogens (tertiary/aromatic N) is 2. The predicted molar refractivity (Wildman–Crippen MR) is 99.3 cm³/mol. The minimum Gasteiger partial charge on any atom is -0.486 e. The van der Waals surface area contributed by atoms with E-state index in [1.165, 1.54) is 4.31 Å². The van der Waals surface area contributed by atoms with Gasteiger partial charge in [-0.3, -0.25) is 9.10 Å². The van der Waals surface area contributed by atoms with E-state index in [2.05, 4.69) is 0 Å². The average molecular weight is 382 g/mol. The van der Waals surface area contributed by atoms with E-state index in [4.69, 9.17) is 9.47 Å². The van der Waals surface area contributed by atoms with Gasteiger partial charge in [0.2, 0.25) is 15.9 Å². The summed E-state index contributed by atoms with van der Waals surface area (Å²) in [5, 5.41) is 0. The van der Waals surface area contributed by atoms with Gasteiger partial charge in [-0.15, -0.1) is 0 Å². The van der Waals surface area contributed by atoms with Crippen molar-refractivity contribution in [3.8, 4) is 11.5 Å². The van der Waals surface area contributed by atoms with Gasteiger partial charge in [0, 0.05) is 19.2 Å². The van der Waals surface area contributed by atoms with Gasteiger partial charge in [0.15, 0.2) is 11.5 Å². The molecule has 8 heteroatoms. The largest absolute Gasteiger partial charge is 0.486 e. The third-order valence-electron chi connectivity index (χ3n) is 4.76. The second-order valence-corrected chi connectivity index (χ2v) is 8.66. The highest BCUT2D eigenvalue weighted by atomic mass is 32.2. The Morgan fingerprint density at radius 1 is 1.08 bits per heavy atom. The summed E-state index contributed by atoms with van der Waals surface area (Å²) in [5.74, 6) is 0.920. The zero-order chi connectivity index (χ0) is 18.7. The van der Waals surface area contributed by atoms with E-state index in [9.17, 15) is 13.2 Å². The number of sulfonamides is 1. The summed E-state index contributed by atoms with van der Waals surface area (Å²) in [4.78, 5) is 14.8. The second-order valence-electron chi connectivity index (χ2n) is 6.80. The summed E-state index contributed by atoms with van der Waals surface area (Å²) in [5.41, 5.74) is 0.410. The minimum atomic E-state index is -3.65. The maximum absolute atomic E-state index is 13.0. The number of carbonyl (C=O) groups is 1. The Morgan fingerprint density at radius 2 is 1.69 bits per heavy atom. The van der Waals surface area contributed by atoms with Crippen molar-refractivity contribution < 1.29 is 22.7 Å². The molecule has 1 amide bonds. The molecule has 0 saturated carbocycles. The molecule has 1 unspecified atom stereocenters. The van der Waals surface area contributed by atoms with Gasteiger partial charge in [-0.25, -0.2) is 8.42 Å². The molecule has 0 bridgehead atoms. The molecule has 1 aromatic carbocycles. The van der Waals surface area contributed by atoms with E-state index in [1.54, 1.807) is 30.0 Å². The second kappa shape index (κ2) is 7.73. The number of benzene rings is 1. The zero-order valence-electron chi connectivity index (χ0n) is 15.3. The number of ether oxygens (including phenoxy) is 2. The van der Waals surface area contributed by atoms with Crippen molar-refractivity contribution in [1.29, 1.82) is 0 Å². The molecule has 2 aliphatic rings. The number of rotatable bonds is 4. The quantitative estimate of drug-likeness (QED) is 0.796. The van der Waals surface area contributed by atoms with E-state index < -0.39 is 16.1 Å². The Hall–Kier alpha value is -1.96. The Balaban J connectivity index is 1.89. The van der Waals surface area contributed by atoms with Gasteiger partial charge in [0.25, 0.3) is 0 Å². The molecule has 0 aliphatic carbocycles. The lowest BCUT2D eigenvalue weighted by molar-refractivity contribution is -0.131. The van der Waals surface area contributed by atoms with Crippen molar-refractivity contribution in [3.05, 3.63) is 18.2 Å². The summed E-state index contributed by atoms with van der Waals surface area (Å²) in [6.45, 7) is 3.89. The Kier molecular flexibility index (Phi) is 5.60. The van der Waals surface area contributed by atoms with Crippen LogP contribution < -0.4 is 13.8 Å². The molecular weight excluding hydrogens is 356 g/mol. The monoisotopic (exact) mass is 382 g/mol. The highest BCUT2D eigenvalue weighted by molar-refractivity contribution is 7.92. The number of fused-ring (bicyclic) bond motifs is 1. The predicted octanol–water partition coefficient (Wildman–Crippen LogP) is 2.01. The van der Waals surface area contributed by atoms with Crippen molar-refractivity contribution >= 4 is 21.6 Å². The Labute approximate surface area is 154 Å². The summed E-state index contributed by atoms with van der Waals surface area (Å²) in [6, 6.07) is 4.15. The molecule has 2 aliphatic heterocycles. The molecule has 0 radical (unpaired) electrons. The summed E-state index contributed by atoms with van der Waals surface area (Å²) in [7, 11) is -3.65. The first kappa shape index (κ1) is 18.8. The minimum absolute atomic E-state index is 0.160. The summed E-state index contributed by atoms with van der Waals surface area (Å²) < 4.78 is 37.2. The van der Waals surface area contributed by atoms with Gasteiger partial charge in [-0.2, -0.15) is 0 Å². The first-order chi connectivity index (χ1) is 12.4. The lowest BCUT2D eigenvalue weighted by atomic mass is 10.2. The number of hydrogen-bond acceptors (Lipinski definition) is 5. The highest BCUT2D eigenvalue weighted by Gasteiger charge is 2.33. The number of hydrogen-bond donors (Lipinski definition) is 0. The number of likely N-dealkylation sites (tertiary alicyclic amines) is 1. The van der Waals surface area contributed by atoms with Crippen molar-refractivity contribution in [2.24, 2.45) is 0 Å². The van der Waals surface area contributed by atoms with Gasteiger partial charge in [-0.1, -0.05) is 12.8 Å². The topological polar surface area (TPSA) is 76.2 Å². The van der Waals surface area contributed by atoms with Crippen LogP contribution in [0, 0.1) is 0 Å². The van der Waals surface area contributed by atoms with Crippen LogP contribution >= 0.6 is 0 Å². The lowest BCUT2D eigenvalue weighted by Crippen LogP contribution is -2.49. The van der Waals surface area contributed by atoms with Crippen LogP contribution in [0.3, 0.4) is 0 Å². The molecule has 1 aromatic rings. The van der Waals surface area contributed by atoms with Gasteiger partial charge in [0.05, 0.1) is 11.9 Å². The molecule has 0 N–H and O–H groups in total. The number of anilines is 1. The molecule has 1 atom stereocenters. The lowest BCUT2D eigenvalue weighted by Gasteiger charge is -2.32. The van der Waals surface area contributed by atoms with Crippen LogP contribution in [0.4, 0.5) is 5.69 Å². The molecule has 0 aromatic heterocycles. The van der Waals surface area contributed by atoms with Crippen LogP contribution in [0.2, 0.25) is 0 Å². The molecule has 2 heterocycles. The SMILES string of the molecule is CC(C(=O)N1CCCCCC1)N(c1ccc2c(c1)OCCO2)S(C)(=O)=O. The van der Waals surface area contributed by atoms with Crippen molar-refractivity contribution in [3.63, 3.8) is 0 Å². The van der Waals surface area contributed by atoms with Crippen LogP contribution in [-0.4, -0.2) is 57.8 Å². The molecule has 0 spiro atoms. The molecule has 7 nitrogen and oxygen atoms in total. The van der Waals surface area contributed by atoms with E-state index in [1.807, 2.05) is 0 Å². The molecular formula is C18H26N2O5S. The fourth-order valence-corrected chi connectivity index (χ4v) is 4.69. The summed E-state index contributed by atoms with van der Waals surface area (Å²) >= 11 is 0. The number of amides is 1. The maximum atomic E-state index is 13.0. The molecule has 1 fully saturated rings. The Bertz CT molecular complexity index is 757. The molecule has 26 heavy (non-hydrogen) atoms.